The van der Waals surface area contributed by atoms with E-state index in [4.69, 9.17) is 28.4 Å². The van der Waals surface area contributed by atoms with E-state index in [1.54, 1.807) is 0 Å². The predicted molar refractivity (Wildman–Crippen MR) is 201 cm³/mol. The summed E-state index contributed by atoms with van der Waals surface area (Å²) < 4.78 is 35.9. The molecule has 9 atom stereocenters. The minimum Gasteiger partial charge on any atom is -0.465 e. The van der Waals surface area contributed by atoms with E-state index >= 15 is 9.59 Å². The normalized spacial score (nSPS) is 36.5. The SMILES string of the molecule is CCCCOC(=O)C(C)(C)C(C)(C(=O)OC12CC3CC(CC(O)(C3)C1)C2)C(C)(C(=O)OCC(=O)OC1C2CC3C(=O)OC1C3C2)C(C)(C)C(=O)OC1(C)CCCC1. The van der Waals surface area contributed by atoms with E-state index in [9.17, 15) is 24.3 Å². The molecule has 9 unspecified atom stereocenters. The first-order chi connectivity index (χ1) is 26.5. The van der Waals surface area contributed by atoms with E-state index in [-0.39, 0.29) is 48.6 Å². The quantitative estimate of drug-likeness (QED) is 0.117. The Kier molecular flexibility index (Phi) is 10.5. The van der Waals surface area contributed by atoms with Crippen LogP contribution in [0.15, 0.2) is 0 Å². The summed E-state index contributed by atoms with van der Waals surface area (Å²) in [4.78, 5) is 85.5. The molecule has 0 aromatic rings. The van der Waals surface area contributed by atoms with Gasteiger partial charge in [-0.2, -0.15) is 0 Å². The number of carbonyl (C=O) groups excluding carboxylic acids is 6. The van der Waals surface area contributed by atoms with Crippen molar-refractivity contribution in [2.45, 2.75) is 174 Å². The third-order valence-electron chi connectivity index (χ3n) is 16.4. The van der Waals surface area contributed by atoms with Crippen molar-refractivity contribution in [1.82, 2.24) is 0 Å². The number of hydrogen-bond donors (Lipinski definition) is 1. The first-order valence-electron chi connectivity index (χ1n) is 21.5. The van der Waals surface area contributed by atoms with Crippen LogP contribution in [0.1, 0.15) is 145 Å². The summed E-state index contributed by atoms with van der Waals surface area (Å²) >= 11 is 0. The molecule has 57 heavy (non-hydrogen) atoms. The smallest absolute Gasteiger partial charge is 0.344 e. The van der Waals surface area contributed by atoms with E-state index in [1.807, 2.05) is 13.8 Å². The zero-order valence-electron chi connectivity index (χ0n) is 35.2. The van der Waals surface area contributed by atoms with Gasteiger partial charge in [-0.25, -0.2) is 4.79 Å². The summed E-state index contributed by atoms with van der Waals surface area (Å²) in [6.07, 6.45) is 7.77. The topological polar surface area (TPSA) is 178 Å². The molecule has 1 N–H and O–H groups in total. The fourth-order valence-electron chi connectivity index (χ4n) is 12.7. The van der Waals surface area contributed by atoms with Crippen molar-refractivity contribution in [1.29, 1.82) is 0 Å². The fourth-order valence-corrected chi connectivity index (χ4v) is 12.7. The van der Waals surface area contributed by atoms with Gasteiger partial charge in [-0.1, -0.05) is 13.3 Å². The standard InChI is InChI=1S/C44H64O13/c1-9-10-15-52-34(47)38(2,3)42(8,37(50)57-44-21-25-16-26(22-44)20-43(51,19-25)24-44)41(7,39(4,5)35(48)56-40(6)13-11-12-14-40)36(49)53-23-30(45)54-31-27-17-28-29(18-27)33(46)55-32(28)31/h25-29,31-32,51H,9-24H2,1-8H3. The van der Waals surface area contributed by atoms with E-state index in [0.717, 1.165) is 25.7 Å². The van der Waals surface area contributed by atoms with Gasteiger partial charge in [-0.3, -0.25) is 24.0 Å². The molecular weight excluding hydrogens is 736 g/mol. The van der Waals surface area contributed by atoms with Gasteiger partial charge in [0, 0.05) is 18.3 Å². The number of unbranched alkanes of at least 4 members (excludes halogenated alkanes) is 1. The van der Waals surface area contributed by atoms with E-state index in [0.29, 0.717) is 57.8 Å². The van der Waals surface area contributed by atoms with Crippen LogP contribution in [0.25, 0.3) is 0 Å². The molecular formula is C44H64O13. The van der Waals surface area contributed by atoms with Gasteiger partial charge in [-0.05, 0) is 137 Å². The lowest BCUT2D eigenvalue weighted by Crippen LogP contribution is -2.69. The lowest BCUT2D eigenvalue weighted by atomic mass is 9.45. The Morgan fingerprint density at radius 3 is 2.02 bits per heavy atom. The molecule has 8 aliphatic rings. The van der Waals surface area contributed by atoms with Crippen LogP contribution in [0, 0.1) is 51.2 Å². The number of fused-ring (bicyclic) bond motifs is 1. The molecule has 6 bridgehead atoms. The molecule has 13 heteroatoms. The zero-order chi connectivity index (χ0) is 41.6. The van der Waals surface area contributed by atoms with Crippen LogP contribution in [0.3, 0.4) is 0 Å². The molecule has 0 aromatic carbocycles. The fraction of sp³-hybridized carbons (Fsp3) is 0.864. The minimum absolute atomic E-state index is 0.0135. The number of esters is 6. The molecule has 1 aliphatic heterocycles. The molecule has 0 spiro atoms. The predicted octanol–water partition coefficient (Wildman–Crippen LogP) is 5.93. The summed E-state index contributed by atoms with van der Waals surface area (Å²) in [6.45, 7) is 11.9. The second kappa shape index (κ2) is 14.2. The number of aliphatic hydroxyl groups is 1. The Hall–Kier alpha value is -3.22. The second-order valence-electron chi connectivity index (χ2n) is 20.7. The summed E-state index contributed by atoms with van der Waals surface area (Å²) in [5.41, 5.74) is -11.0. The van der Waals surface area contributed by atoms with E-state index < -0.39 is 87.1 Å². The highest BCUT2D eigenvalue weighted by Crippen LogP contribution is 2.65. The first kappa shape index (κ1) is 41.9. The van der Waals surface area contributed by atoms with Crippen molar-refractivity contribution in [3.63, 3.8) is 0 Å². The third-order valence-corrected chi connectivity index (χ3v) is 16.4. The summed E-state index contributed by atoms with van der Waals surface area (Å²) in [7, 11) is 0. The summed E-state index contributed by atoms with van der Waals surface area (Å²) in [6, 6.07) is 0. The van der Waals surface area contributed by atoms with E-state index in [1.165, 1.54) is 41.5 Å². The Morgan fingerprint density at radius 2 is 1.40 bits per heavy atom. The minimum atomic E-state index is -2.24. The van der Waals surface area contributed by atoms with Gasteiger partial charge in [0.25, 0.3) is 0 Å². The molecule has 0 amide bonds. The number of ether oxygens (including phenoxy) is 6. The van der Waals surface area contributed by atoms with Gasteiger partial charge in [0.15, 0.2) is 6.61 Å². The highest BCUT2D eigenvalue weighted by atomic mass is 16.6. The van der Waals surface area contributed by atoms with Crippen LogP contribution in [-0.2, 0) is 57.2 Å². The number of rotatable bonds is 15. The van der Waals surface area contributed by atoms with Gasteiger partial charge in [0.2, 0.25) is 0 Å². The maximum Gasteiger partial charge on any atom is 0.344 e. The van der Waals surface area contributed by atoms with Crippen LogP contribution in [0.2, 0.25) is 0 Å². The van der Waals surface area contributed by atoms with Crippen LogP contribution >= 0.6 is 0 Å². The highest BCUT2D eigenvalue weighted by molar-refractivity contribution is 5.98. The average molecular weight is 801 g/mol. The average Bonchev–Trinajstić information content (AvgIpc) is 3.87. The molecule has 7 saturated carbocycles. The van der Waals surface area contributed by atoms with Gasteiger partial charge in [0.1, 0.15) is 23.4 Å². The van der Waals surface area contributed by atoms with Gasteiger partial charge in [0.05, 0.1) is 39.8 Å². The first-order valence-corrected chi connectivity index (χ1v) is 21.5. The number of carbonyl (C=O) groups is 6. The maximum absolute atomic E-state index is 15.5. The van der Waals surface area contributed by atoms with Crippen molar-refractivity contribution in [3.05, 3.63) is 0 Å². The molecule has 1 heterocycles. The van der Waals surface area contributed by atoms with Gasteiger partial charge in [-0.15, -0.1) is 0 Å². The highest BCUT2D eigenvalue weighted by Gasteiger charge is 2.75. The molecule has 0 radical (unpaired) electrons. The van der Waals surface area contributed by atoms with Crippen molar-refractivity contribution >= 4 is 35.8 Å². The summed E-state index contributed by atoms with van der Waals surface area (Å²) in [5, 5.41) is 11.6. The second-order valence-corrected chi connectivity index (χ2v) is 20.7. The Balaban J connectivity index is 1.25. The lowest BCUT2D eigenvalue weighted by molar-refractivity contribution is -0.246. The maximum atomic E-state index is 15.5. The molecule has 318 valence electrons. The molecule has 0 aromatic heterocycles. The van der Waals surface area contributed by atoms with Crippen LogP contribution < -0.4 is 0 Å². The molecule has 13 nitrogen and oxygen atoms in total. The molecule has 8 rings (SSSR count). The monoisotopic (exact) mass is 800 g/mol. The van der Waals surface area contributed by atoms with Crippen molar-refractivity contribution in [2.24, 2.45) is 51.2 Å². The van der Waals surface area contributed by atoms with Crippen LogP contribution in [-0.4, -0.2) is 83.1 Å². The largest absolute Gasteiger partial charge is 0.465 e. The summed E-state index contributed by atoms with van der Waals surface area (Å²) in [5.74, 6) is -4.64. The van der Waals surface area contributed by atoms with Gasteiger partial charge < -0.3 is 33.5 Å². The van der Waals surface area contributed by atoms with Crippen molar-refractivity contribution in [3.8, 4) is 0 Å². The van der Waals surface area contributed by atoms with Gasteiger partial charge >= 0.3 is 35.8 Å². The molecule has 1 saturated heterocycles. The van der Waals surface area contributed by atoms with Crippen LogP contribution in [0.5, 0.6) is 0 Å². The lowest BCUT2D eigenvalue weighted by Gasteiger charge is -2.61. The zero-order valence-corrected chi connectivity index (χ0v) is 35.2. The van der Waals surface area contributed by atoms with E-state index in [2.05, 4.69) is 0 Å². The molecule has 7 aliphatic carbocycles. The number of hydrogen-bond acceptors (Lipinski definition) is 13. The molecule has 8 fully saturated rings. The van der Waals surface area contributed by atoms with Crippen LogP contribution in [0.4, 0.5) is 0 Å². The van der Waals surface area contributed by atoms with Crippen molar-refractivity contribution in [2.75, 3.05) is 13.2 Å². The van der Waals surface area contributed by atoms with Crippen molar-refractivity contribution < 1.29 is 62.3 Å². The Morgan fingerprint density at radius 1 is 0.789 bits per heavy atom. The Bertz CT molecular complexity index is 1660. The Labute approximate surface area is 336 Å². The third kappa shape index (κ3) is 6.68.